The summed E-state index contributed by atoms with van der Waals surface area (Å²) < 4.78 is 38.9. The number of nitrogens with two attached hydrogens (primary N) is 1. The van der Waals surface area contributed by atoms with Gasteiger partial charge in [0.25, 0.3) is 10.0 Å². The van der Waals surface area contributed by atoms with E-state index in [4.69, 9.17) is 15.2 Å². The number of hydrogen-bond acceptors (Lipinski definition) is 6. The molecular weight excluding hydrogens is 488 g/mol. The van der Waals surface area contributed by atoms with Gasteiger partial charge in [-0.1, -0.05) is 48.2 Å². The Bertz CT molecular complexity index is 1620. The second kappa shape index (κ2) is 11.2. The number of benzene rings is 4. The highest BCUT2D eigenvalue weighted by Gasteiger charge is 2.19. The Hall–Kier alpha value is -4.32. The number of carbonyl (C=O) groups is 1. The van der Waals surface area contributed by atoms with Crippen molar-refractivity contribution in [1.82, 2.24) is 0 Å². The molecule has 0 saturated carbocycles. The molecule has 0 aliphatic rings. The van der Waals surface area contributed by atoms with Crippen molar-refractivity contribution >= 4 is 38.1 Å². The van der Waals surface area contributed by atoms with E-state index in [0.29, 0.717) is 34.2 Å². The van der Waals surface area contributed by atoms with Crippen LogP contribution in [0.3, 0.4) is 0 Å². The van der Waals surface area contributed by atoms with Gasteiger partial charge in [0.2, 0.25) is 0 Å². The molecule has 0 amide bonds. The molecule has 0 radical (unpaired) electrons. The lowest BCUT2D eigenvalue weighted by atomic mass is 10.0. The summed E-state index contributed by atoms with van der Waals surface area (Å²) in [6.07, 6.45) is 0.826. The van der Waals surface area contributed by atoms with Gasteiger partial charge in [0.15, 0.2) is 0 Å². The van der Waals surface area contributed by atoms with Crippen molar-refractivity contribution in [3.8, 4) is 11.8 Å². The highest BCUT2D eigenvalue weighted by Crippen LogP contribution is 2.29. The van der Waals surface area contributed by atoms with Gasteiger partial charge in [-0.2, -0.15) is 0 Å². The number of ether oxygens (including phenoxy) is 2. The van der Waals surface area contributed by atoms with Crippen LogP contribution in [-0.4, -0.2) is 35.2 Å². The minimum absolute atomic E-state index is 0.000767. The first kappa shape index (κ1) is 25.8. The third kappa shape index (κ3) is 5.92. The number of nitrogens with one attached hydrogen (secondary N) is 1. The van der Waals surface area contributed by atoms with E-state index in [0.717, 1.165) is 17.5 Å². The van der Waals surface area contributed by atoms with Gasteiger partial charge in [-0.3, -0.25) is 4.72 Å². The Labute approximate surface area is 216 Å². The zero-order valence-electron chi connectivity index (χ0n) is 20.4. The van der Waals surface area contributed by atoms with Crippen LogP contribution in [0.5, 0.6) is 0 Å². The SMILES string of the molecule is COCCc1ccc(C#Cc2ccc(S(=O)(=O)Nc3ccc(C(=O)OC)c4ccccc34)cc2N)cc1. The van der Waals surface area contributed by atoms with Crippen LogP contribution in [-0.2, 0) is 25.9 Å². The molecule has 4 rings (SSSR count). The first-order valence-electron chi connectivity index (χ1n) is 11.4. The van der Waals surface area contributed by atoms with Gasteiger partial charge < -0.3 is 15.2 Å². The largest absolute Gasteiger partial charge is 0.465 e. The lowest BCUT2D eigenvalue weighted by molar-refractivity contribution is 0.0603. The highest BCUT2D eigenvalue weighted by molar-refractivity contribution is 7.92. The molecule has 4 aromatic rings. The number of methoxy groups -OCH3 is 2. The van der Waals surface area contributed by atoms with Gasteiger partial charge in [-0.25, -0.2) is 13.2 Å². The van der Waals surface area contributed by atoms with Crippen molar-refractivity contribution in [3.63, 3.8) is 0 Å². The van der Waals surface area contributed by atoms with Crippen LogP contribution in [0.2, 0.25) is 0 Å². The van der Waals surface area contributed by atoms with Crippen LogP contribution >= 0.6 is 0 Å². The van der Waals surface area contributed by atoms with Crippen molar-refractivity contribution in [1.29, 1.82) is 0 Å². The van der Waals surface area contributed by atoms with Gasteiger partial charge in [0.1, 0.15) is 0 Å². The maximum absolute atomic E-state index is 13.2. The van der Waals surface area contributed by atoms with E-state index in [2.05, 4.69) is 16.6 Å². The maximum atomic E-state index is 13.2. The standard InChI is InChI=1S/C29H26N2O5S/c1-35-18-17-21-9-7-20(8-10-21)11-12-22-13-14-23(19-27(22)30)37(33,34)31-28-16-15-26(29(32)36-2)24-5-3-4-6-25(24)28/h3-10,13-16,19,31H,17-18,30H2,1-2H3. The molecule has 0 fully saturated rings. The van der Waals surface area contributed by atoms with Crippen molar-refractivity contribution < 1.29 is 22.7 Å². The fourth-order valence-electron chi connectivity index (χ4n) is 3.82. The van der Waals surface area contributed by atoms with Crippen molar-refractivity contribution in [2.75, 3.05) is 31.3 Å². The van der Waals surface area contributed by atoms with Crippen LogP contribution < -0.4 is 10.5 Å². The fraction of sp³-hybridized carbons (Fsp3) is 0.138. The third-order valence-electron chi connectivity index (χ3n) is 5.80. The molecule has 188 valence electrons. The van der Waals surface area contributed by atoms with Crippen molar-refractivity contribution in [2.24, 2.45) is 0 Å². The smallest absolute Gasteiger partial charge is 0.338 e. The number of anilines is 2. The molecule has 7 nitrogen and oxygen atoms in total. The summed E-state index contributed by atoms with van der Waals surface area (Å²) in [6, 6.07) is 22.3. The molecule has 0 aliphatic carbocycles. The van der Waals surface area contributed by atoms with E-state index in [-0.39, 0.29) is 10.6 Å². The van der Waals surface area contributed by atoms with Crippen LogP contribution in [0.25, 0.3) is 10.8 Å². The van der Waals surface area contributed by atoms with E-state index < -0.39 is 16.0 Å². The third-order valence-corrected chi connectivity index (χ3v) is 7.16. The topological polar surface area (TPSA) is 108 Å². The number of esters is 1. The van der Waals surface area contributed by atoms with Crippen molar-refractivity contribution in [3.05, 3.63) is 101 Å². The summed E-state index contributed by atoms with van der Waals surface area (Å²) in [5.41, 5.74) is 9.58. The Morgan fingerprint density at radius 2 is 1.65 bits per heavy atom. The summed E-state index contributed by atoms with van der Waals surface area (Å²) in [5.74, 6) is 5.56. The number of nitrogen functional groups attached to an aromatic ring is 1. The summed E-state index contributed by atoms with van der Waals surface area (Å²) in [6.45, 7) is 0.653. The summed E-state index contributed by atoms with van der Waals surface area (Å²) >= 11 is 0. The Morgan fingerprint density at radius 1 is 0.919 bits per heavy atom. The summed E-state index contributed by atoms with van der Waals surface area (Å²) in [7, 11) is -1.000. The molecule has 8 heteroatoms. The maximum Gasteiger partial charge on any atom is 0.338 e. The predicted molar refractivity (Wildman–Crippen MR) is 145 cm³/mol. The first-order chi connectivity index (χ1) is 17.8. The van der Waals surface area contributed by atoms with Crippen LogP contribution in [0.4, 0.5) is 11.4 Å². The van der Waals surface area contributed by atoms with Crippen LogP contribution in [0.15, 0.2) is 83.8 Å². The van der Waals surface area contributed by atoms with Gasteiger partial charge in [-0.15, -0.1) is 0 Å². The van der Waals surface area contributed by atoms with Crippen LogP contribution in [0, 0.1) is 11.8 Å². The average Bonchev–Trinajstić information content (AvgIpc) is 2.91. The molecular formula is C29H26N2O5S. The Balaban J connectivity index is 1.57. The van der Waals surface area contributed by atoms with Gasteiger partial charge in [0, 0.05) is 29.3 Å². The second-order valence-corrected chi connectivity index (χ2v) is 9.92. The van der Waals surface area contributed by atoms with E-state index in [1.165, 1.54) is 31.4 Å². The number of carbonyl (C=O) groups excluding carboxylic acids is 1. The fourth-order valence-corrected chi connectivity index (χ4v) is 4.93. The molecule has 0 spiro atoms. The molecule has 37 heavy (non-hydrogen) atoms. The van der Waals surface area contributed by atoms with Gasteiger partial charge in [0.05, 0.1) is 29.9 Å². The molecule has 0 saturated heterocycles. The molecule has 0 heterocycles. The Morgan fingerprint density at radius 3 is 2.32 bits per heavy atom. The number of rotatable bonds is 7. The molecule has 4 aromatic carbocycles. The van der Waals surface area contributed by atoms with E-state index in [1.54, 1.807) is 37.4 Å². The molecule has 0 aromatic heterocycles. The van der Waals surface area contributed by atoms with Gasteiger partial charge >= 0.3 is 5.97 Å². The minimum Gasteiger partial charge on any atom is -0.465 e. The monoisotopic (exact) mass is 514 g/mol. The van der Waals surface area contributed by atoms with Crippen LogP contribution in [0.1, 0.15) is 27.0 Å². The summed E-state index contributed by atoms with van der Waals surface area (Å²) in [5, 5.41) is 1.14. The number of sulfonamides is 1. The predicted octanol–water partition coefficient (Wildman–Crippen LogP) is 4.60. The molecule has 0 aliphatic heterocycles. The molecule has 0 unspecified atom stereocenters. The van der Waals surface area contributed by atoms with E-state index in [1.807, 2.05) is 24.3 Å². The van der Waals surface area contributed by atoms with E-state index >= 15 is 0 Å². The van der Waals surface area contributed by atoms with E-state index in [9.17, 15) is 13.2 Å². The zero-order chi connectivity index (χ0) is 26.4. The van der Waals surface area contributed by atoms with Gasteiger partial charge in [-0.05, 0) is 59.8 Å². The second-order valence-electron chi connectivity index (χ2n) is 8.24. The van der Waals surface area contributed by atoms with Crippen molar-refractivity contribution in [2.45, 2.75) is 11.3 Å². The molecule has 0 bridgehead atoms. The normalized spacial score (nSPS) is 11.0. The lowest BCUT2D eigenvalue weighted by Crippen LogP contribution is -2.14. The quantitative estimate of drug-likeness (QED) is 0.212. The average molecular weight is 515 g/mol. The molecule has 0 atom stereocenters. The number of fused-ring (bicyclic) bond motifs is 1. The minimum atomic E-state index is -3.97. The zero-order valence-corrected chi connectivity index (χ0v) is 21.3. The summed E-state index contributed by atoms with van der Waals surface area (Å²) in [4.78, 5) is 12.1. The lowest BCUT2D eigenvalue weighted by Gasteiger charge is -2.13. The Kier molecular flexibility index (Phi) is 7.77. The number of hydrogen-bond donors (Lipinski definition) is 2. The molecule has 3 N–H and O–H groups in total. The first-order valence-corrected chi connectivity index (χ1v) is 12.9. The highest BCUT2D eigenvalue weighted by atomic mass is 32.2.